The molecule has 0 unspecified atom stereocenters. The van der Waals surface area contributed by atoms with Crippen molar-refractivity contribution in [3.8, 4) is 51.4 Å². The van der Waals surface area contributed by atoms with Gasteiger partial charge in [0.25, 0.3) is 6.20 Å². The fraction of sp³-hybridized carbons (Fsp3) is 0.0952. The zero-order chi connectivity index (χ0) is 33.5. The van der Waals surface area contributed by atoms with Gasteiger partial charge in [0.15, 0.2) is 7.05 Å². The van der Waals surface area contributed by atoms with Gasteiger partial charge in [-0.1, -0.05) is 65.6 Å². The molecular weight excluding hydrogens is 983 g/mol. The molecule has 0 saturated carbocycles. The molecule has 6 aromatic rings. The van der Waals surface area contributed by atoms with Crippen molar-refractivity contribution in [2.24, 2.45) is 0 Å². The summed E-state index contributed by atoms with van der Waals surface area (Å²) in [5.41, 5.74) is 7.47. The summed E-state index contributed by atoms with van der Waals surface area (Å²) in [4.78, 5) is 4.59. The molecule has 1 aliphatic rings. The molecule has 0 radical (unpaired) electrons. The van der Waals surface area contributed by atoms with Gasteiger partial charge in [-0.3, -0.25) is 5.56 Å². The van der Waals surface area contributed by atoms with Crippen molar-refractivity contribution in [2.75, 3.05) is 7.05 Å². The predicted molar refractivity (Wildman–Crippen MR) is 184 cm³/mol. The third kappa shape index (κ3) is 9.14. The second-order valence-electron chi connectivity index (χ2n) is 10.9. The summed E-state index contributed by atoms with van der Waals surface area (Å²) >= 11 is 0. The average molecular weight is 1010 g/mol. The van der Waals surface area contributed by atoms with E-state index in [-0.39, 0.29) is 42.1 Å². The van der Waals surface area contributed by atoms with Crippen molar-refractivity contribution < 1.29 is 60.8 Å². The quantitative estimate of drug-likeness (QED) is 0.0914. The van der Waals surface area contributed by atoms with E-state index in [1.165, 1.54) is 0 Å². The molecule has 0 N–H and O–H groups in total. The molecule has 50 heavy (non-hydrogen) atoms. The van der Waals surface area contributed by atoms with Crippen LogP contribution in [0.25, 0.3) is 22.4 Å². The first-order valence-electron chi connectivity index (χ1n) is 15.2. The normalized spacial score (nSPS) is 11.1. The van der Waals surface area contributed by atoms with Gasteiger partial charge in [0, 0.05) is 35.4 Å². The summed E-state index contributed by atoms with van der Waals surface area (Å²) in [6.45, 7) is 6.24. The number of hydrogen-bond donors (Lipinski definition) is 0. The summed E-state index contributed by atoms with van der Waals surface area (Å²) in [7, 11) is 1.92. The molecule has 7 rings (SSSR count). The van der Waals surface area contributed by atoms with Crippen LogP contribution in [0.4, 0.5) is 5.69 Å². The van der Waals surface area contributed by atoms with Gasteiger partial charge in [0.2, 0.25) is 6.20 Å². The molecule has 3 heterocycles. The van der Waals surface area contributed by atoms with Crippen LogP contribution in [0.3, 0.4) is 0 Å². The summed E-state index contributed by atoms with van der Waals surface area (Å²) in [5.74, 6) is 2.47. The Balaban J connectivity index is 0.000000559. The van der Waals surface area contributed by atoms with Crippen molar-refractivity contribution in [3.05, 3.63) is 163 Å². The molecule has 0 saturated heterocycles. The Hall–Kier alpha value is -5.03. The van der Waals surface area contributed by atoms with E-state index in [1.807, 2.05) is 114 Å². The zero-order valence-corrected chi connectivity index (χ0v) is 32.2. The van der Waals surface area contributed by atoms with Crippen molar-refractivity contribution >= 4 is 11.7 Å². The van der Waals surface area contributed by atoms with E-state index in [1.54, 1.807) is 23.2 Å². The van der Waals surface area contributed by atoms with Gasteiger partial charge in [-0.05, 0) is 12.1 Å². The molecule has 0 atom stereocenters. The second kappa shape index (κ2) is 17.6. The van der Waals surface area contributed by atoms with Crippen LogP contribution in [0.1, 0.15) is 16.7 Å². The second-order valence-corrected chi connectivity index (χ2v) is 10.9. The molecule has 0 fully saturated rings. The summed E-state index contributed by atoms with van der Waals surface area (Å²) < 4.78 is 17.6. The van der Waals surface area contributed by atoms with Gasteiger partial charge in [-0.2, -0.15) is 35.9 Å². The molecule has 8 heteroatoms. The molecule has 2 aromatic heterocycles. The van der Waals surface area contributed by atoms with Crippen LogP contribution >= 0.6 is 0 Å². The standard InChI is InChI=1S/C36H26N3O2.C6H4N.2Pt/c1-25-26(2)34(23-36(27(25)3)41-31-12-6-5-7-13-31)28-16-17-37-35(21-28)29-10-8-14-32(20-29)40-33-15-9-11-30(22-33)39-19-18-38(4)24-39;1-2-7-5-3-4-6-7;;/h5-12,14-15,17-19,21H,1-4H3;3-6H;;/q-3;-1;+2;+4. The van der Waals surface area contributed by atoms with Crippen LogP contribution in [-0.2, 0) is 42.1 Å². The SMILES string of the molecule is Cc1c(Oc2[c-]cccc2)[c-]c(-c2[c-]cnc(-c3[c-]c(Oc4[c-]c([N+]5=C=[N+](C)C=C5)ccc4)ccc3)c2)c(C)c1C.[C-]#Cn1cccc1.[Pt+2].[Pt+4]. The molecule has 0 amide bonds. The Morgan fingerprint density at radius 1 is 0.780 bits per heavy atom. The fourth-order valence-electron chi connectivity index (χ4n) is 4.90. The zero-order valence-electron chi connectivity index (χ0n) is 27.6. The largest absolute Gasteiger partial charge is 4.00 e. The number of nitrogens with zero attached hydrogens (tertiary/aromatic N) is 4. The number of ether oxygens (including phenoxy) is 2. The number of benzene rings is 4. The predicted octanol–water partition coefficient (Wildman–Crippen LogP) is 8.75. The molecule has 248 valence electrons. The Morgan fingerprint density at radius 3 is 2.20 bits per heavy atom. The van der Waals surface area contributed by atoms with Crippen LogP contribution in [0.5, 0.6) is 23.0 Å². The van der Waals surface area contributed by atoms with Crippen LogP contribution in [-0.4, -0.2) is 31.8 Å². The Bertz CT molecular complexity index is 2230. The third-order valence-corrected chi connectivity index (χ3v) is 7.66. The summed E-state index contributed by atoms with van der Waals surface area (Å²) in [6, 6.07) is 46.6. The Morgan fingerprint density at radius 2 is 1.52 bits per heavy atom. The first-order chi connectivity index (χ1) is 23.4. The van der Waals surface area contributed by atoms with E-state index in [0.717, 1.165) is 44.8 Å². The van der Waals surface area contributed by atoms with Crippen LogP contribution < -0.4 is 9.47 Å². The van der Waals surface area contributed by atoms with Crippen LogP contribution in [0, 0.1) is 63.6 Å². The van der Waals surface area contributed by atoms with Crippen molar-refractivity contribution in [3.63, 3.8) is 0 Å². The molecule has 4 aromatic carbocycles. The maximum Gasteiger partial charge on any atom is 4.00 e. The monoisotopic (exact) mass is 1010 g/mol. The van der Waals surface area contributed by atoms with E-state index in [9.17, 15) is 0 Å². The van der Waals surface area contributed by atoms with Gasteiger partial charge in [-0.15, -0.1) is 47.5 Å². The molecular formula is C42H30N4O2Pt2+2. The molecule has 0 aliphatic carbocycles. The van der Waals surface area contributed by atoms with E-state index in [4.69, 9.17) is 15.9 Å². The minimum atomic E-state index is 0. The molecule has 1 aliphatic heterocycles. The maximum atomic E-state index is 6.57. The van der Waals surface area contributed by atoms with Crippen molar-refractivity contribution in [2.45, 2.75) is 20.8 Å². The first-order valence-corrected chi connectivity index (χ1v) is 15.2. The number of hydrogen-bond acceptors (Lipinski definition) is 3. The summed E-state index contributed by atoms with van der Waals surface area (Å²) in [6.07, 6.45) is 15.6. The molecule has 0 spiro atoms. The number of rotatable bonds is 7. The minimum absolute atomic E-state index is 0. The van der Waals surface area contributed by atoms with Crippen LogP contribution in [0.15, 0.2) is 110 Å². The third-order valence-electron chi connectivity index (χ3n) is 7.66. The number of aromatic nitrogens is 2. The van der Waals surface area contributed by atoms with E-state index in [2.05, 4.69) is 61.2 Å². The van der Waals surface area contributed by atoms with Gasteiger partial charge >= 0.3 is 48.1 Å². The van der Waals surface area contributed by atoms with Crippen molar-refractivity contribution in [1.29, 1.82) is 0 Å². The minimum Gasteiger partial charge on any atom is -0.669 e. The van der Waals surface area contributed by atoms with Gasteiger partial charge in [0.1, 0.15) is 5.69 Å². The number of para-hydroxylation sites is 1. The molecule has 6 nitrogen and oxygen atoms in total. The fourth-order valence-corrected chi connectivity index (χ4v) is 4.90. The van der Waals surface area contributed by atoms with Crippen molar-refractivity contribution in [1.82, 2.24) is 9.55 Å². The summed E-state index contributed by atoms with van der Waals surface area (Å²) in [5, 5.41) is 0. The van der Waals surface area contributed by atoms with Crippen LogP contribution in [0.2, 0.25) is 0 Å². The average Bonchev–Trinajstić information content (AvgIpc) is 3.82. The Kier molecular flexibility index (Phi) is 13.3. The van der Waals surface area contributed by atoms with Gasteiger partial charge in [-0.25, -0.2) is 23.7 Å². The number of pyridine rings is 1. The van der Waals surface area contributed by atoms with Gasteiger partial charge < -0.3 is 25.4 Å². The van der Waals surface area contributed by atoms with E-state index in [0.29, 0.717) is 23.0 Å². The first kappa shape index (κ1) is 37.8. The van der Waals surface area contributed by atoms with E-state index < -0.39 is 0 Å². The van der Waals surface area contributed by atoms with E-state index >= 15 is 0 Å². The Labute approximate surface area is 322 Å². The van der Waals surface area contributed by atoms with Gasteiger partial charge in [0.05, 0.1) is 0 Å². The molecule has 0 bridgehead atoms. The smallest absolute Gasteiger partial charge is 0.669 e. The topological polar surface area (TPSA) is 42.3 Å². The maximum absolute atomic E-state index is 6.57.